The largest absolute Gasteiger partial charge is 0.353 e. The van der Waals surface area contributed by atoms with Gasteiger partial charge in [-0.25, -0.2) is 0 Å². The number of carbonyl (C=O) groups excluding carboxylic acids is 2. The predicted octanol–water partition coefficient (Wildman–Crippen LogP) is 2.69. The molecule has 1 aliphatic carbocycles. The third kappa shape index (κ3) is 3.70. The number of hydrogen-bond acceptors (Lipinski definition) is 5. The summed E-state index contributed by atoms with van der Waals surface area (Å²) in [5.41, 5.74) is 1.32. The zero-order chi connectivity index (χ0) is 20.7. The van der Waals surface area contributed by atoms with Crippen LogP contribution in [0.2, 0.25) is 5.02 Å². The molecule has 3 heterocycles. The first-order valence-corrected chi connectivity index (χ1v) is 10.4. The van der Waals surface area contributed by atoms with Gasteiger partial charge in [0.15, 0.2) is 5.65 Å². The number of aromatic nitrogens is 3. The van der Waals surface area contributed by atoms with Gasteiger partial charge >= 0.3 is 0 Å². The molecule has 0 bridgehead atoms. The van der Waals surface area contributed by atoms with Gasteiger partial charge < -0.3 is 9.80 Å². The number of halogens is 1. The monoisotopic (exact) mass is 424 g/mol. The van der Waals surface area contributed by atoms with Crippen LogP contribution in [0.4, 0.5) is 11.8 Å². The Morgan fingerprint density at radius 1 is 1.00 bits per heavy atom. The van der Waals surface area contributed by atoms with E-state index in [0.29, 0.717) is 48.4 Å². The lowest BCUT2D eigenvalue weighted by Crippen LogP contribution is -2.49. The zero-order valence-corrected chi connectivity index (χ0v) is 17.0. The summed E-state index contributed by atoms with van der Waals surface area (Å²) in [7, 11) is 0. The topological polar surface area (TPSA) is 82.8 Å². The van der Waals surface area contributed by atoms with Gasteiger partial charge in [-0.3, -0.25) is 14.9 Å². The first-order valence-electron chi connectivity index (χ1n) is 10.0. The van der Waals surface area contributed by atoms with Crippen LogP contribution < -0.4 is 10.2 Å². The van der Waals surface area contributed by atoms with Crippen molar-refractivity contribution in [3.8, 4) is 0 Å². The summed E-state index contributed by atoms with van der Waals surface area (Å²) in [5.74, 6) is 1.32. The number of hydrogen-bond donors (Lipinski definition) is 1. The normalized spacial score (nSPS) is 16.7. The van der Waals surface area contributed by atoms with Crippen molar-refractivity contribution in [1.82, 2.24) is 19.5 Å². The van der Waals surface area contributed by atoms with Crippen LogP contribution in [0.3, 0.4) is 0 Å². The van der Waals surface area contributed by atoms with E-state index >= 15 is 0 Å². The minimum atomic E-state index is -0.0122. The molecule has 30 heavy (non-hydrogen) atoms. The first-order chi connectivity index (χ1) is 14.6. The molecular formula is C21H21ClN6O2. The van der Waals surface area contributed by atoms with E-state index in [1.807, 2.05) is 23.1 Å². The molecule has 8 nitrogen and oxygen atoms in total. The Hall–Kier alpha value is -3.13. The molecule has 1 aromatic carbocycles. The Kier molecular flexibility index (Phi) is 4.78. The van der Waals surface area contributed by atoms with Crippen molar-refractivity contribution in [2.24, 2.45) is 5.92 Å². The summed E-state index contributed by atoms with van der Waals surface area (Å²) >= 11 is 5.92. The highest BCUT2D eigenvalue weighted by Crippen LogP contribution is 2.30. The van der Waals surface area contributed by atoms with Gasteiger partial charge in [-0.2, -0.15) is 9.50 Å². The maximum atomic E-state index is 12.7. The lowest BCUT2D eigenvalue weighted by atomic mass is 10.2. The average molecular weight is 425 g/mol. The predicted molar refractivity (Wildman–Crippen MR) is 114 cm³/mol. The van der Waals surface area contributed by atoms with E-state index in [1.54, 1.807) is 28.8 Å². The number of carbonyl (C=O) groups is 2. The summed E-state index contributed by atoms with van der Waals surface area (Å²) in [6.07, 6.45) is 1.87. The molecule has 0 unspecified atom stereocenters. The van der Waals surface area contributed by atoms with Gasteiger partial charge in [0.2, 0.25) is 11.9 Å². The van der Waals surface area contributed by atoms with Crippen LogP contribution in [0.25, 0.3) is 5.65 Å². The van der Waals surface area contributed by atoms with E-state index in [9.17, 15) is 9.59 Å². The Morgan fingerprint density at radius 2 is 1.73 bits per heavy atom. The molecule has 1 saturated carbocycles. The third-order valence-corrected chi connectivity index (χ3v) is 5.76. The van der Waals surface area contributed by atoms with Gasteiger partial charge in [0, 0.05) is 42.7 Å². The number of amides is 2. The molecule has 2 aliphatic rings. The molecule has 9 heteroatoms. The molecule has 0 radical (unpaired) electrons. The third-order valence-electron chi connectivity index (χ3n) is 5.50. The summed E-state index contributed by atoms with van der Waals surface area (Å²) in [6.45, 7) is 2.58. The molecule has 2 aromatic heterocycles. The van der Waals surface area contributed by atoms with Crippen molar-refractivity contribution < 1.29 is 9.59 Å². The molecule has 5 rings (SSSR count). The van der Waals surface area contributed by atoms with Gasteiger partial charge in [0.1, 0.15) is 5.82 Å². The quantitative estimate of drug-likeness (QED) is 0.696. The number of pyridine rings is 1. The average Bonchev–Trinajstić information content (AvgIpc) is 3.54. The van der Waals surface area contributed by atoms with E-state index in [2.05, 4.69) is 20.3 Å². The van der Waals surface area contributed by atoms with Crippen LogP contribution in [0.1, 0.15) is 23.2 Å². The lowest BCUT2D eigenvalue weighted by Gasteiger charge is -2.36. The Bertz CT molecular complexity index is 1100. The standard InChI is InChI=1S/C21H21ClN6O2/c22-16-8-6-15(7-9-16)20(30)27-12-10-26(11-13-27)18-3-1-2-17-23-21(25-28(17)18)24-19(29)14-4-5-14/h1-3,6-9,14H,4-5,10-13H2,(H,24,25,29). The number of anilines is 2. The summed E-state index contributed by atoms with van der Waals surface area (Å²) in [5, 5.41) is 7.91. The molecule has 154 valence electrons. The number of piperazine rings is 1. The molecule has 1 saturated heterocycles. The fourth-order valence-electron chi connectivity index (χ4n) is 3.66. The van der Waals surface area contributed by atoms with Crippen LogP contribution >= 0.6 is 11.6 Å². The van der Waals surface area contributed by atoms with Gasteiger partial charge in [0.25, 0.3) is 5.91 Å². The zero-order valence-electron chi connectivity index (χ0n) is 16.3. The van der Waals surface area contributed by atoms with Gasteiger partial charge in [-0.15, -0.1) is 5.10 Å². The van der Waals surface area contributed by atoms with Crippen molar-refractivity contribution in [2.75, 3.05) is 36.4 Å². The number of nitrogens with one attached hydrogen (secondary N) is 1. The molecule has 3 aromatic rings. The highest BCUT2D eigenvalue weighted by molar-refractivity contribution is 6.30. The van der Waals surface area contributed by atoms with Crippen molar-refractivity contribution in [1.29, 1.82) is 0 Å². The van der Waals surface area contributed by atoms with Crippen molar-refractivity contribution in [2.45, 2.75) is 12.8 Å². The summed E-state index contributed by atoms with van der Waals surface area (Å²) in [6, 6.07) is 12.7. The molecule has 1 N–H and O–H groups in total. The second-order valence-corrected chi connectivity index (χ2v) is 8.08. The van der Waals surface area contributed by atoms with Crippen LogP contribution in [-0.4, -0.2) is 57.5 Å². The fourth-order valence-corrected chi connectivity index (χ4v) is 3.78. The molecule has 1 aliphatic heterocycles. The number of nitrogens with zero attached hydrogens (tertiary/aromatic N) is 5. The highest BCUT2D eigenvalue weighted by atomic mass is 35.5. The first kappa shape index (κ1) is 18.9. The maximum Gasteiger partial charge on any atom is 0.253 e. The minimum Gasteiger partial charge on any atom is -0.353 e. The molecular weight excluding hydrogens is 404 g/mol. The Balaban J connectivity index is 1.29. The SMILES string of the molecule is O=C(Nc1nc2cccc(N3CCN(C(=O)c4ccc(Cl)cc4)CC3)n2n1)C1CC1. The second kappa shape index (κ2) is 7.60. The van der Waals surface area contributed by atoms with E-state index in [-0.39, 0.29) is 17.7 Å². The van der Waals surface area contributed by atoms with Crippen LogP contribution in [0.15, 0.2) is 42.5 Å². The van der Waals surface area contributed by atoms with Crippen molar-refractivity contribution in [3.05, 3.63) is 53.1 Å². The van der Waals surface area contributed by atoms with Gasteiger partial charge in [0.05, 0.1) is 0 Å². The smallest absolute Gasteiger partial charge is 0.253 e. The second-order valence-electron chi connectivity index (χ2n) is 7.64. The summed E-state index contributed by atoms with van der Waals surface area (Å²) < 4.78 is 1.75. The molecule has 2 amide bonds. The minimum absolute atomic E-state index is 0.00959. The Morgan fingerprint density at radius 3 is 2.43 bits per heavy atom. The Labute approximate surface area is 178 Å². The molecule has 0 atom stereocenters. The molecule has 2 fully saturated rings. The van der Waals surface area contributed by atoms with Gasteiger partial charge in [-0.1, -0.05) is 17.7 Å². The van der Waals surface area contributed by atoms with E-state index in [0.717, 1.165) is 18.7 Å². The number of benzene rings is 1. The maximum absolute atomic E-state index is 12.7. The van der Waals surface area contributed by atoms with Crippen LogP contribution in [0.5, 0.6) is 0 Å². The van der Waals surface area contributed by atoms with Crippen molar-refractivity contribution >= 4 is 40.8 Å². The fraction of sp³-hybridized carbons (Fsp3) is 0.333. The summed E-state index contributed by atoms with van der Waals surface area (Å²) in [4.78, 5) is 33.2. The number of rotatable bonds is 4. The lowest BCUT2D eigenvalue weighted by molar-refractivity contribution is -0.117. The van der Waals surface area contributed by atoms with E-state index in [4.69, 9.17) is 11.6 Å². The van der Waals surface area contributed by atoms with Crippen LogP contribution in [0, 0.1) is 5.92 Å². The van der Waals surface area contributed by atoms with E-state index < -0.39 is 0 Å². The van der Waals surface area contributed by atoms with E-state index in [1.165, 1.54) is 0 Å². The van der Waals surface area contributed by atoms with Crippen LogP contribution in [-0.2, 0) is 4.79 Å². The van der Waals surface area contributed by atoms with Gasteiger partial charge in [-0.05, 0) is 49.2 Å². The van der Waals surface area contributed by atoms with Crippen molar-refractivity contribution in [3.63, 3.8) is 0 Å². The number of fused-ring (bicyclic) bond motifs is 1. The molecule has 0 spiro atoms. The highest BCUT2D eigenvalue weighted by Gasteiger charge is 2.30.